The minimum Gasteiger partial charge on any atom is -0.480 e. The smallest absolute Gasteiger partial charge is 0.326 e. The van der Waals surface area contributed by atoms with Crippen molar-refractivity contribution in [3.63, 3.8) is 0 Å². The fourth-order valence-electron chi connectivity index (χ4n) is 6.85. The highest BCUT2D eigenvalue weighted by Gasteiger charge is 2.33. The van der Waals surface area contributed by atoms with Crippen LogP contribution in [0.25, 0.3) is 11.1 Å². The average molecular weight is 613 g/mol. The van der Waals surface area contributed by atoms with Crippen LogP contribution in [0.15, 0.2) is 42.5 Å². The third kappa shape index (κ3) is 9.62. The number of nitrogens with zero attached hydrogens (tertiary/aromatic N) is 1. The zero-order chi connectivity index (χ0) is 31.0. The summed E-state index contributed by atoms with van der Waals surface area (Å²) in [4.78, 5) is 27.8. The third-order valence-electron chi connectivity index (χ3n) is 9.21. The lowest BCUT2D eigenvalue weighted by Gasteiger charge is -2.25. The van der Waals surface area contributed by atoms with E-state index in [1.165, 1.54) is 44.9 Å². The molecular formula is C34H48N2O6S. The minimum atomic E-state index is -3.38. The average Bonchev–Trinajstić information content (AvgIpc) is 3.35. The van der Waals surface area contributed by atoms with Crippen LogP contribution in [0.2, 0.25) is 0 Å². The molecule has 9 heteroatoms. The zero-order valence-corrected chi connectivity index (χ0v) is 26.7. The van der Waals surface area contributed by atoms with Crippen LogP contribution in [0.5, 0.6) is 0 Å². The Balaban J connectivity index is 1.54. The maximum absolute atomic E-state index is 13.5. The first kappa shape index (κ1) is 33.1. The van der Waals surface area contributed by atoms with E-state index in [0.29, 0.717) is 24.1 Å². The lowest BCUT2D eigenvalue weighted by Crippen LogP contribution is -2.42. The quantitative estimate of drug-likeness (QED) is 0.291. The molecule has 1 saturated carbocycles. The molecule has 4 rings (SSSR count). The van der Waals surface area contributed by atoms with Gasteiger partial charge < -0.3 is 15.2 Å². The second kappa shape index (κ2) is 15.3. The zero-order valence-electron chi connectivity index (χ0n) is 25.9. The molecule has 2 aromatic rings. The summed E-state index contributed by atoms with van der Waals surface area (Å²) in [7, 11) is -1.62. The Hall–Kier alpha value is -2.75. The van der Waals surface area contributed by atoms with Crippen molar-refractivity contribution >= 4 is 21.7 Å². The highest BCUT2D eigenvalue weighted by atomic mass is 32.2. The number of carboxylic acid groups (broad SMARTS) is 1. The summed E-state index contributed by atoms with van der Waals surface area (Å²) in [6.45, 7) is 4.45. The van der Waals surface area contributed by atoms with E-state index in [-0.39, 0.29) is 12.2 Å². The van der Waals surface area contributed by atoms with E-state index >= 15 is 0 Å². The number of aliphatic carboxylic acids is 1. The molecule has 236 valence electrons. The number of benzene rings is 2. The summed E-state index contributed by atoms with van der Waals surface area (Å²) in [5, 5.41) is 12.2. The number of aryl methyl sites for hydroxylation is 1. The largest absolute Gasteiger partial charge is 0.480 e. The van der Waals surface area contributed by atoms with Crippen molar-refractivity contribution in [2.75, 3.05) is 32.3 Å². The summed E-state index contributed by atoms with van der Waals surface area (Å²) >= 11 is 0. The molecule has 0 spiro atoms. The van der Waals surface area contributed by atoms with Crippen LogP contribution in [0.1, 0.15) is 79.3 Å². The Morgan fingerprint density at radius 1 is 1.05 bits per heavy atom. The lowest BCUT2D eigenvalue weighted by molar-refractivity contribution is -0.139. The van der Waals surface area contributed by atoms with Gasteiger partial charge in [-0.2, -0.15) is 0 Å². The number of sulfone groups is 1. The van der Waals surface area contributed by atoms with Gasteiger partial charge in [0.2, 0.25) is 0 Å². The van der Waals surface area contributed by atoms with E-state index in [0.717, 1.165) is 53.9 Å². The molecule has 0 aromatic heterocycles. The third-order valence-corrected chi connectivity index (χ3v) is 10.2. The number of carbonyl (C=O) groups excluding carboxylic acids is 1. The molecule has 1 saturated heterocycles. The summed E-state index contributed by atoms with van der Waals surface area (Å²) in [5.41, 5.74) is 4.08. The fraction of sp³-hybridized carbons (Fsp3) is 0.588. The predicted octanol–water partition coefficient (Wildman–Crippen LogP) is 5.48. The standard InChI is InChI=1S/C34H48N2O6S/c1-24-9-7-8-12-29(24)31-20-27(15-16-30(31)33(37)35-32(34(38)39)17-18-43(3,40)41)22-36-21-26(19-28(36)23-42-2)14-13-25-10-5-4-6-11-25/h7-9,12,15-16,20,25-26,28,32H,4-6,10-11,13-14,17-19,21-23H2,1-3H3,(H,35,37)(H,38,39)/t26-,28+,32+/m1/s1. The number of hydrogen-bond donors (Lipinski definition) is 2. The lowest BCUT2D eigenvalue weighted by atomic mass is 9.84. The van der Waals surface area contributed by atoms with Crippen molar-refractivity contribution in [3.8, 4) is 11.1 Å². The predicted molar refractivity (Wildman–Crippen MR) is 170 cm³/mol. The maximum Gasteiger partial charge on any atom is 0.326 e. The second-order valence-electron chi connectivity index (χ2n) is 12.7. The van der Waals surface area contributed by atoms with E-state index in [9.17, 15) is 23.1 Å². The van der Waals surface area contributed by atoms with Gasteiger partial charge in [-0.1, -0.05) is 68.9 Å². The van der Waals surface area contributed by atoms with Crippen LogP contribution in [-0.2, 0) is 25.9 Å². The molecule has 3 atom stereocenters. The molecule has 43 heavy (non-hydrogen) atoms. The van der Waals surface area contributed by atoms with Gasteiger partial charge in [-0.05, 0) is 72.4 Å². The first-order valence-electron chi connectivity index (χ1n) is 15.7. The Bertz CT molecular complexity index is 1350. The molecule has 1 aliphatic carbocycles. The first-order chi connectivity index (χ1) is 20.5. The number of hydrogen-bond acceptors (Lipinski definition) is 6. The maximum atomic E-state index is 13.5. The van der Waals surface area contributed by atoms with Gasteiger partial charge in [-0.15, -0.1) is 0 Å². The van der Waals surface area contributed by atoms with E-state index in [2.05, 4.69) is 10.2 Å². The number of likely N-dealkylation sites (tertiary alicyclic amines) is 1. The van der Waals surface area contributed by atoms with Gasteiger partial charge >= 0.3 is 5.97 Å². The molecule has 1 heterocycles. The number of ether oxygens (including phenoxy) is 1. The Morgan fingerprint density at radius 3 is 2.44 bits per heavy atom. The molecule has 8 nitrogen and oxygen atoms in total. The monoisotopic (exact) mass is 612 g/mol. The molecular weight excluding hydrogens is 564 g/mol. The van der Waals surface area contributed by atoms with E-state index in [4.69, 9.17) is 4.74 Å². The first-order valence-corrected chi connectivity index (χ1v) is 17.7. The number of methoxy groups -OCH3 is 1. The van der Waals surface area contributed by atoms with Crippen LogP contribution < -0.4 is 5.32 Å². The summed E-state index contributed by atoms with van der Waals surface area (Å²) in [5.74, 6) is -0.586. The molecule has 2 fully saturated rings. The highest BCUT2D eigenvalue weighted by Crippen LogP contribution is 2.35. The van der Waals surface area contributed by atoms with Crippen molar-refractivity contribution in [3.05, 3.63) is 59.2 Å². The van der Waals surface area contributed by atoms with Gasteiger partial charge in [-0.3, -0.25) is 9.69 Å². The summed E-state index contributed by atoms with van der Waals surface area (Å²) in [6, 6.07) is 12.6. The van der Waals surface area contributed by atoms with Gasteiger partial charge in [0.25, 0.3) is 5.91 Å². The summed E-state index contributed by atoms with van der Waals surface area (Å²) in [6.07, 6.45) is 11.5. The van der Waals surface area contributed by atoms with E-state index in [1.54, 1.807) is 13.2 Å². The van der Waals surface area contributed by atoms with Gasteiger partial charge in [0.15, 0.2) is 0 Å². The van der Waals surface area contributed by atoms with Crippen LogP contribution in [0, 0.1) is 18.8 Å². The molecule has 0 bridgehead atoms. The number of carboxylic acids is 1. The van der Waals surface area contributed by atoms with Crippen molar-refractivity contribution < 1.29 is 27.9 Å². The molecule has 0 radical (unpaired) electrons. The van der Waals surface area contributed by atoms with Crippen molar-refractivity contribution in [1.82, 2.24) is 10.2 Å². The van der Waals surface area contributed by atoms with Gasteiger partial charge in [0, 0.05) is 38.1 Å². The molecule has 1 amide bonds. The van der Waals surface area contributed by atoms with Crippen LogP contribution in [0.3, 0.4) is 0 Å². The van der Waals surface area contributed by atoms with Gasteiger partial charge in [-0.25, -0.2) is 13.2 Å². The van der Waals surface area contributed by atoms with Crippen LogP contribution in [-0.4, -0.2) is 74.7 Å². The number of carbonyl (C=O) groups is 2. The molecule has 2 N–H and O–H groups in total. The van der Waals surface area contributed by atoms with Gasteiger partial charge in [0.1, 0.15) is 15.9 Å². The summed E-state index contributed by atoms with van der Waals surface area (Å²) < 4.78 is 28.9. The normalized spacial score (nSPS) is 20.6. The van der Waals surface area contributed by atoms with E-state index < -0.39 is 27.8 Å². The highest BCUT2D eigenvalue weighted by molar-refractivity contribution is 7.90. The molecule has 0 unspecified atom stereocenters. The fourth-order valence-corrected chi connectivity index (χ4v) is 7.51. The SMILES string of the molecule is COC[C@@H]1C[C@@H](CCC2CCCCC2)CN1Cc1ccc(C(=O)N[C@@H](CCS(C)(=O)=O)C(=O)O)c(-c2ccccc2C)c1. The Labute approximate surface area is 257 Å². The number of amides is 1. The van der Waals surface area contributed by atoms with Crippen LogP contribution in [0.4, 0.5) is 0 Å². The Morgan fingerprint density at radius 2 is 1.77 bits per heavy atom. The van der Waals surface area contributed by atoms with E-state index in [1.807, 2.05) is 43.3 Å². The van der Waals surface area contributed by atoms with Crippen molar-refractivity contribution in [2.24, 2.45) is 11.8 Å². The molecule has 2 aromatic carbocycles. The Kier molecular flexibility index (Phi) is 11.8. The topological polar surface area (TPSA) is 113 Å². The molecule has 1 aliphatic heterocycles. The van der Waals surface area contributed by atoms with Crippen molar-refractivity contribution in [1.29, 1.82) is 0 Å². The molecule has 2 aliphatic rings. The minimum absolute atomic E-state index is 0.199. The van der Waals surface area contributed by atoms with Crippen LogP contribution >= 0.6 is 0 Å². The van der Waals surface area contributed by atoms with Crippen molar-refractivity contribution in [2.45, 2.75) is 83.3 Å². The van der Waals surface area contributed by atoms with Gasteiger partial charge in [0.05, 0.1) is 12.4 Å². The number of rotatable bonds is 14. The second-order valence-corrected chi connectivity index (χ2v) is 15.0. The number of nitrogens with one attached hydrogen (secondary N) is 1.